The molecule has 0 fully saturated rings. The zero-order chi connectivity index (χ0) is 19.0. The smallest absolute Gasteiger partial charge is 0.118 e. The van der Waals surface area contributed by atoms with Gasteiger partial charge in [0.15, 0.2) is 0 Å². The number of aromatic hydroxyl groups is 2. The van der Waals surface area contributed by atoms with Crippen molar-refractivity contribution in [1.29, 1.82) is 0 Å². The van der Waals surface area contributed by atoms with Crippen molar-refractivity contribution in [2.75, 3.05) is 0 Å². The van der Waals surface area contributed by atoms with Gasteiger partial charge >= 0.3 is 0 Å². The van der Waals surface area contributed by atoms with Gasteiger partial charge in [0.05, 0.1) is 0 Å². The molecule has 25 heavy (non-hydrogen) atoms. The monoisotopic (exact) mass is 342 g/mol. The van der Waals surface area contributed by atoms with Crippen molar-refractivity contribution in [2.45, 2.75) is 72.6 Å². The van der Waals surface area contributed by atoms with E-state index in [1.165, 1.54) is 11.1 Å². The van der Waals surface area contributed by atoms with Crippen molar-refractivity contribution in [3.8, 4) is 11.5 Å². The van der Waals surface area contributed by atoms with Crippen molar-refractivity contribution in [3.05, 3.63) is 58.7 Å². The summed E-state index contributed by atoms with van der Waals surface area (Å²) in [5.41, 5.74) is 4.26. The first-order chi connectivity index (χ1) is 11.9. The minimum atomic E-state index is -0.0690. The molecular formula is C23H34O2. The van der Waals surface area contributed by atoms with Gasteiger partial charge < -0.3 is 10.2 Å². The molecular weight excluding hydrogens is 308 g/mol. The molecule has 0 radical (unpaired) electrons. The van der Waals surface area contributed by atoms with Crippen LogP contribution in [0.4, 0.5) is 0 Å². The molecule has 2 nitrogen and oxygen atoms in total. The molecule has 0 aliphatic heterocycles. The van der Waals surface area contributed by atoms with Crippen LogP contribution in [0.2, 0.25) is 0 Å². The summed E-state index contributed by atoms with van der Waals surface area (Å²) in [6.45, 7) is 12.3. The van der Waals surface area contributed by atoms with Crippen molar-refractivity contribution < 1.29 is 10.2 Å². The number of benzene rings is 2. The number of phenols is 2. The minimum absolute atomic E-state index is 0.0690. The van der Waals surface area contributed by atoms with Crippen LogP contribution in [0.25, 0.3) is 0 Å². The average Bonchev–Trinajstić information content (AvgIpc) is 2.61. The molecule has 0 aromatic heterocycles. The first kappa shape index (κ1) is 21.1. The van der Waals surface area contributed by atoms with Crippen LogP contribution in [0.3, 0.4) is 0 Å². The summed E-state index contributed by atoms with van der Waals surface area (Å²) in [7, 11) is 0. The predicted octanol–water partition coefficient (Wildman–Crippen LogP) is 6.63. The van der Waals surface area contributed by atoms with Crippen molar-refractivity contribution in [2.24, 2.45) is 0 Å². The third-order valence-electron chi connectivity index (χ3n) is 4.85. The second-order valence-electron chi connectivity index (χ2n) is 6.58. The highest BCUT2D eigenvalue weighted by atomic mass is 16.3. The van der Waals surface area contributed by atoms with E-state index in [0.717, 1.165) is 36.8 Å². The molecule has 0 spiro atoms. The average molecular weight is 343 g/mol. The highest BCUT2D eigenvalue weighted by Gasteiger charge is 2.33. The van der Waals surface area contributed by atoms with Gasteiger partial charge in [0, 0.05) is 5.41 Å². The fourth-order valence-corrected chi connectivity index (χ4v) is 3.63. The number of aryl methyl sites for hydroxylation is 2. The predicted molar refractivity (Wildman–Crippen MR) is 108 cm³/mol. The van der Waals surface area contributed by atoms with Gasteiger partial charge in [0.1, 0.15) is 11.5 Å². The maximum absolute atomic E-state index is 9.89. The minimum Gasteiger partial charge on any atom is -0.508 e. The fraction of sp³-hybridized carbons (Fsp3) is 0.478. The third kappa shape index (κ3) is 4.56. The zero-order valence-electron chi connectivity index (χ0n) is 16.7. The second kappa shape index (κ2) is 9.50. The Morgan fingerprint density at radius 2 is 1.08 bits per heavy atom. The highest BCUT2D eigenvalue weighted by molar-refractivity contribution is 5.47. The molecule has 2 aromatic carbocycles. The van der Waals surface area contributed by atoms with Crippen LogP contribution < -0.4 is 0 Å². The molecule has 2 N–H and O–H groups in total. The Hall–Kier alpha value is -1.96. The second-order valence-corrected chi connectivity index (χ2v) is 6.58. The van der Waals surface area contributed by atoms with Gasteiger partial charge in [-0.3, -0.25) is 0 Å². The summed E-state index contributed by atoms with van der Waals surface area (Å²) in [4.78, 5) is 0. The van der Waals surface area contributed by atoms with Crippen LogP contribution in [0.15, 0.2) is 36.4 Å². The standard InChI is InChI=1S/C21H28O2.C2H6/c1-5-11-21(12-6-2,17-7-9-19(22)15(3)13-17)18-8-10-20(23)16(4)14-18;1-2/h7-10,13-14,22-23H,5-6,11-12H2,1-4H3;1-2H3. The Labute approximate surface area is 153 Å². The SMILES string of the molecule is CC.CCCC(CCC)(c1ccc(O)c(C)c1)c1ccc(O)c(C)c1. The summed E-state index contributed by atoms with van der Waals surface area (Å²) >= 11 is 0. The molecule has 0 aliphatic rings. The van der Waals surface area contributed by atoms with Crippen molar-refractivity contribution in [1.82, 2.24) is 0 Å². The maximum atomic E-state index is 9.89. The first-order valence-corrected chi connectivity index (χ1v) is 9.54. The molecule has 0 unspecified atom stereocenters. The third-order valence-corrected chi connectivity index (χ3v) is 4.85. The van der Waals surface area contributed by atoms with E-state index in [4.69, 9.17) is 0 Å². The molecule has 0 saturated heterocycles. The van der Waals surface area contributed by atoms with Gasteiger partial charge in [0.2, 0.25) is 0 Å². The Morgan fingerprint density at radius 3 is 1.36 bits per heavy atom. The largest absolute Gasteiger partial charge is 0.508 e. The van der Waals surface area contributed by atoms with Crippen LogP contribution in [0, 0.1) is 13.8 Å². The van der Waals surface area contributed by atoms with E-state index in [-0.39, 0.29) is 5.41 Å². The van der Waals surface area contributed by atoms with Crippen molar-refractivity contribution in [3.63, 3.8) is 0 Å². The summed E-state index contributed by atoms with van der Waals surface area (Å²) in [5, 5.41) is 19.8. The molecule has 138 valence electrons. The van der Waals surface area contributed by atoms with Gasteiger partial charge in [-0.2, -0.15) is 0 Å². The summed E-state index contributed by atoms with van der Waals surface area (Å²) in [5.74, 6) is 0.690. The molecule has 0 saturated carbocycles. The van der Waals surface area contributed by atoms with Crippen LogP contribution in [-0.2, 0) is 5.41 Å². The summed E-state index contributed by atoms with van der Waals surface area (Å²) in [6.07, 6.45) is 4.27. The number of hydrogen-bond acceptors (Lipinski definition) is 2. The van der Waals surface area contributed by atoms with E-state index >= 15 is 0 Å². The quantitative estimate of drug-likeness (QED) is 0.618. The Balaban J connectivity index is 0.00000151. The van der Waals surface area contributed by atoms with Gasteiger partial charge in [-0.25, -0.2) is 0 Å². The fourth-order valence-electron chi connectivity index (χ4n) is 3.63. The Kier molecular flexibility index (Phi) is 8.02. The lowest BCUT2D eigenvalue weighted by molar-refractivity contribution is 0.421. The Morgan fingerprint density at radius 1 is 0.720 bits per heavy atom. The van der Waals surface area contributed by atoms with E-state index in [1.54, 1.807) is 12.1 Å². The normalized spacial score (nSPS) is 11.0. The van der Waals surface area contributed by atoms with Crippen LogP contribution in [-0.4, -0.2) is 10.2 Å². The van der Waals surface area contributed by atoms with Gasteiger partial charge in [-0.1, -0.05) is 64.8 Å². The lowest BCUT2D eigenvalue weighted by Crippen LogP contribution is -2.28. The number of rotatable bonds is 6. The molecule has 2 heteroatoms. The molecule has 0 bridgehead atoms. The van der Waals surface area contributed by atoms with Gasteiger partial charge in [-0.15, -0.1) is 0 Å². The van der Waals surface area contributed by atoms with E-state index in [9.17, 15) is 10.2 Å². The molecule has 0 amide bonds. The van der Waals surface area contributed by atoms with Crippen molar-refractivity contribution >= 4 is 0 Å². The lowest BCUT2D eigenvalue weighted by Gasteiger charge is -2.36. The number of hydrogen-bond donors (Lipinski definition) is 2. The van der Waals surface area contributed by atoms with Crippen LogP contribution >= 0.6 is 0 Å². The molecule has 0 heterocycles. The number of phenolic OH excluding ortho intramolecular Hbond substituents is 2. The molecule has 0 aliphatic carbocycles. The zero-order valence-corrected chi connectivity index (χ0v) is 16.7. The van der Waals surface area contributed by atoms with E-state index < -0.39 is 0 Å². The van der Waals surface area contributed by atoms with Gasteiger partial charge in [0.25, 0.3) is 0 Å². The molecule has 2 aromatic rings. The van der Waals surface area contributed by atoms with E-state index in [1.807, 2.05) is 27.7 Å². The Bertz CT molecular complexity index is 614. The maximum Gasteiger partial charge on any atom is 0.118 e. The van der Waals surface area contributed by atoms with E-state index in [0.29, 0.717) is 11.5 Å². The van der Waals surface area contributed by atoms with Crippen LogP contribution in [0.5, 0.6) is 11.5 Å². The molecule has 2 rings (SSSR count). The summed E-state index contributed by atoms with van der Waals surface area (Å²) < 4.78 is 0. The lowest BCUT2D eigenvalue weighted by atomic mass is 9.68. The highest BCUT2D eigenvalue weighted by Crippen LogP contribution is 2.43. The first-order valence-electron chi connectivity index (χ1n) is 9.54. The topological polar surface area (TPSA) is 40.5 Å². The van der Waals surface area contributed by atoms with Crippen LogP contribution in [0.1, 0.15) is 75.6 Å². The molecule has 0 atom stereocenters. The van der Waals surface area contributed by atoms with E-state index in [2.05, 4.69) is 38.1 Å². The summed E-state index contributed by atoms with van der Waals surface area (Å²) in [6, 6.07) is 11.9. The van der Waals surface area contributed by atoms with Gasteiger partial charge in [-0.05, 0) is 61.1 Å².